The van der Waals surface area contributed by atoms with Gasteiger partial charge in [0.1, 0.15) is 0 Å². The summed E-state index contributed by atoms with van der Waals surface area (Å²) in [5, 5.41) is 10.0. The molecule has 0 amide bonds. The first-order chi connectivity index (χ1) is 17.1. The monoisotopic (exact) mass is 563 g/mol. The van der Waals surface area contributed by atoms with Crippen LogP contribution in [0.3, 0.4) is 0 Å². The lowest BCUT2D eigenvalue weighted by atomic mass is 9.80. The largest absolute Gasteiger partial charge is 0.476 e. The summed E-state index contributed by atoms with van der Waals surface area (Å²) in [4.78, 5) is 22.8. The van der Waals surface area contributed by atoms with Crippen molar-refractivity contribution in [3.05, 3.63) is 56.7 Å². The van der Waals surface area contributed by atoms with Gasteiger partial charge in [-0.25, -0.2) is 4.79 Å². The van der Waals surface area contributed by atoms with E-state index in [1.54, 1.807) is 0 Å². The van der Waals surface area contributed by atoms with Gasteiger partial charge in [0.2, 0.25) is 0 Å². The minimum absolute atomic E-state index is 0. The number of fused-ring (bicyclic) bond motifs is 4. The highest BCUT2D eigenvalue weighted by atomic mass is 35.5. The quantitative estimate of drug-likeness (QED) is 0.419. The Kier molecular flexibility index (Phi) is 9.37. The van der Waals surface area contributed by atoms with Gasteiger partial charge in [-0.1, -0.05) is 55.2 Å². The van der Waals surface area contributed by atoms with Crippen molar-refractivity contribution in [2.75, 3.05) is 39.3 Å². The lowest BCUT2D eigenvalue weighted by Crippen LogP contribution is -2.37. The highest BCUT2D eigenvalue weighted by Crippen LogP contribution is 2.57. The van der Waals surface area contributed by atoms with E-state index in [0.29, 0.717) is 18.4 Å². The SMILES string of the molecule is CC1=CC=C2C(C3CCCCC3)=C3C(=CN(CCN4CCCCC4)CC4=C3SC(C(=O)O)=NC4)C12.Cl.Cl. The number of piperidine rings is 1. The van der Waals surface area contributed by atoms with Crippen LogP contribution in [0.15, 0.2) is 61.7 Å². The van der Waals surface area contributed by atoms with Crippen molar-refractivity contribution in [1.29, 1.82) is 0 Å². The first kappa shape index (κ1) is 28.5. The minimum atomic E-state index is -0.897. The Morgan fingerprint density at radius 2 is 1.76 bits per heavy atom. The predicted molar refractivity (Wildman–Crippen MR) is 158 cm³/mol. The topological polar surface area (TPSA) is 56.1 Å². The molecule has 1 N–H and O–H groups in total. The van der Waals surface area contributed by atoms with Gasteiger partial charge in [-0.05, 0) is 79.5 Å². The van der Waals surface area contributed by atoms with Gasteiger partial charge >= 0.3 is 5.97 Å². The van der Waals surface area contributed by atoms with Crippen LogP contribution in [0, 0.1) is 11.8 Å². The molecule has 37 heavy (non-hydrogen) atoms. The van der Waals surface area contributed by atoms with Gasteiger partial charge in [-0.2, -0.15) is 0 Å². The number of aliphatic carboxylic acids is 1. The summed E-state index contributed by atoms with van der Waals surface area (Å²) in [5.41, 5.74) is 8.51. The Labute approximate surface area is 237 Å². The van der Waals surface area contributed by atoms with E-state index < -0.39 is 5.97 Å². The van der Waals surface area contributed by atoms with Crippen LogP contribution in [0.25, 0.3) is 0 Å². The first-order valence-corrected chi connectivity index (χ1v) is 14.4. The summed E-state index contributed by atoms with van der Waals surface area (Å²) in [6.45, 7) is 8.18. The number of rotatable bonds is 5. The van der Waals surface area contributed by atoms with E-state index in [1.165, 1.54) is 115 Å². The summed E-state index contributed by atoms with van der Waals surface area (Å²) < 4.78 is 0. The van der Waals surface area contributed by atoms with Crippen molar-refractivity contribution >= 4 is 47.6 Å². The number of nitrogens with zero attached hydrogens (tertiary/aromatic N) is 3. The molecule has 6 aliphatic rings. The van der Waals surface area contributed by atoms with Crippen molar-refractivity contribution in [2.24, 2.45) is 16.8 Å². The van der Waals surface area contributed by atoms with Gasteiger partial charge in [0.15, 0.2) is 5.04 Å². The van der Waals surface area contributed by atoms with Crippen LogP contribution < -0.4 is 0 Å². The molecule has 1 saturated heterocycles. The zero-order valence-corrected chi connectivity index (χ0v) is 24.2. The molecule has 0 spiro atoms. The molecule has 0 radical (unpaired) electrons. The molecular weight excluding hydrogens is 525 g/mol. The third-order valence-corrected chi connectivity index (χ3v) is 9.89. The van der Waals surface area contributed by atoms with E-state index >= 15 is 0 Å². The average molecular weight is 565 g/mol. The number of hydrogen-bond acceptors (Lipinski definition) is 5. The molecule has 1 unspecified atom stereocenters. The summed E-state index contributed by atoms with van der Waals surface area (Å²) in [7, 11) is 0. The van der Waals surface area contributed by atoms with Crippen LogP contribution in [-0.4, -0.2) is 65.2 Å². The third-order valence-electron chi connectivity index (χ3n) is 8.70. The zero-order chi connectivity index (χ0) is 23.9. The van der Waals surface area contributed by atoms with Gasteiger partial charge in [-0.15, -0.1) is 24.8 Å². The Morgan fingerprint density at radius 3 is 2.49 bits per heavy atom. The third kappa shape index (κ3) is 5.50. The van der Waals surface area contributed by atoms with Crippen LogP contribution in [0.2, 0.25) is 0 Å². The van der Waals surface area contributed by atoms with Crippen LogP contribution in [0.1, 0.15) is 58.3 Å². The molecule has 6 rings (SSSR count). The number of aliphatic imine (C=N–C) groups is 1. The van der Waals surface area contributed by atoms with E-state index in [2.05, 4.69) is 40.1 Å². The van der Waals surface area contributed by atoms with Gasteiger partial charge in [0.25, 0.3) is 0 Å². The molecule has 0 bridgehead atoms. The predicted octanol–water partition coefficient (Wildman–Crippen LogP) is 6.39. The maximum absolute atomic E-state index is 11.9. The number of halogens is 2. The maximum Gasteiger partial charge on any atom is 0.361 e. The average Bonchev–Trinajstić information content (AvgIpc) is 3.36. The number of allylic oxidation sites excluding steroid dienone is 7. The van der Waals surface area contributed by atoms with Crippen LogP contribution >= 0.6 is 36.6 Å². The van der Waals surface area contributed by atoms with Crippen molar-refractivity contribution < 1.29 is 9.90 Å². The normalized spacial score (nSPS) is 26.1. The van der Waals surface area contributed by atoms with Crippen molar-refractivity contribution in [1.82, 2.24) is 9.80 Å². The first-order valence-electron chi connectivity index (χ1n) is 13.6. The standard InChI is InChI=1S/C29H37N3O2S.2ClH/c1-19-10-11-22-24(19)23-18-32(15-14-31-12-6-3-7-13-31)17-21-16-30-28(29(33)34)35-27(21)26(23)25(22)20-8-4-2-5-9-20;;/h10-11,18,20,24H,2-9,12-17H2,1H3,(H,33,34);2*1H. The number of likely N-dealkylation sites (tertiary alicyclic amines) is 1. The van der Waals surface area contributed by atoms with Crippen LogP contribution in [0.4, 0.5) is 0 Å². The van der Waals surface area contributed by atoms with Crippen LogP contribution in [0.5, 0.6) is 0 Å². The number of hydrogen-bond donors (Lipinski definition) is 1. The molecular formula is C29H39Cl2N3O2S. The molecule has 8 heteroatoms. The molecule has 3 aliphatic carbocycles. The van der Waals surface area contributed by atoms with E-state index in [9.17, 15) is 9.90 Å². The van der Waals surface area contributed by atoms with E-state index in [0.717, 1.165) is 19.6 Å². The minimum Gasteiger partial charge on any atom is -0.476 e. The molecule has 0 aromatic heterocycles. The highest BCUT2D eigenvalue weighted by Gasteiger charge is 2.44. The fourth-order valence-electron chi connectivity index (χ4n) is 6.97. The molecule has 2 fully saturated rings. The highest BCUT2D eigenvalue weighted by molar-refractivity contribution is 8.19. The fraction of sp³-hybridized carbons (Fsp3) is 0.586. The molecule has 0 aromatic rings. The molecule has 1 atom stereocenters. The smallest absolute Gasteiger partial charge is 0.361 e. The van der Waals surface area contributed by atoms with E-state index in [-0.39, 0.29) is 29.9 Å². The van der Waals surface area contributed by atoms with Crippen molar-refractivity contribution in [2.45, 2.75) is 58.3 Å². The van der Waals surface area contributed by atoms with Crippen molar-refractivity contribution in [3.8, 4) is 0 Å². The number of thioether (sulfide) groups is 1. The molecule has 202 valence electrons. The second-order valence-corrected chi connectivity index (χ2v) is 12.0. The Bertz CT molecular complexity index is 1110. The maximum atomic E-state index is 11.9. The molecule has 1 saturated carbocycles. The van der Waals surface area contributed by atoms with Gasteiger partial charge in [-0.3, -0.25) is 4.99 Å². The molecule has 0 aromatic carbocycles. The number of carboxylic acids is 1. The summed E-state index contributed by atoms with van der Waals surface area (Å²) >= 11 is 1.42. The van der Waals surface area contributed by atoms with E-state index in [1.807, 2.05) is 0 Å². The second-order valence-electron chi connectivity index (χ2n) is 11.0. The van der Waals surface area contributed by atoms with Gasteiger partial charge in [0, 0.05) is 36.7 Å². The molecule has 3 heterocycles. The Hall–Kier alpha value is -1.47. The Balaban J connectivity index is 0.00000160. The van der Waals surface area contributed by atoms with Crippen molar-refractivity contribution in [3.63, 3.8) is 0 Å². The Morgan fingerprint density at radius 1 is 1.03 bits per heavy atom. The summed E-state index contributed by atoms with van der Waals surface area (Å²) in [6.07, 6.45) is 17.6. The van der Waals surface area contributed by atoms with Gasteiger partial charge in [0.05, 0.1) is 6.54 Å². The van der Waals surface area contributed by atoms with E-state index in [4.69, 9.17) is 0 Å². The lowest BCUT2D eigenvalue weighted by molar-refractivity contribution is -0.129. The number of carbonyl (C=O) groups is 1. The number of carboxylic acid groups (broad SMARTS) is 1. The summed E-state index contributed by atoms with van der Waals surface area (Å²) in [6, 6.07) is 0. The summed E-state index contributed by atoms with van der Waals surface area (Å²) in [5.74, 6) is 0.0182. The lowest BCUT2D eigenvalue weighted by Gasteiger charge is -2.30. The zero-order valence-electron chi connectivity index (χ0n) is 21.7. The van der Waals surface area contributed by atoms with Crippen LogP contribution in [-0.2, 0) is 4.79 Å². The van der Waals surface area contributed by atoms with Gasteiger partial charge < -0.3 is 14.9 Å². The molecule has 5 nitrogen and oxygen atoms in total. The molecule has 3 aliphatic heterocycles. The fourth-order valence-corrected chi connectivity index (χ4v) is 7.98. The second kappa shape index (κ2) is 12.1.